The number of rotatable bonds is 4. The molecule has 5 nitrogen and oxygen atoms in total. The average Bonchev–Trinajstić information content (AvgIpc) is 2.61. The molecule has 2 fully saturated rings. The zero-order valence-corrected chi connectivity index (χ0v) is 17.5. The molecule has 28 heavy (non-hydrogen) atoms. The van der Waals surface area contributed by atoms with Gasteiger partial charge in [-0.25, -0.2) is 0 Å². The van der Waals surface area contributed by atoms with E-state index in [1.54, 1.807) is 13.4 Å². The minimum absolute atomic E-state index is 0. The van der Waals surface area contributed by atoms with E-state index in [1.807, 2.05) is 0 Å². The molecule has 0 bridgehead atoms. The van der Waals surface area contributed by atoms with Crippen molar-refractivity contribution < 1.29 is 24.5 Å². The molecule has 0 aromatic carbocycles. The Kier molecular flexibility index (Phi) is 13.5. The van der Waals surface area contributed by atoms with E-state index in [2.05, 4.69) is 52.2 Å². The number of aliphatic hydroxyl groups is 2. The van der Waals surface area contributed by atoms with Crippen molar-refractivity contribution in [3.05, 3.63) is 34.9 Å². The van der Waals surface area contributed by atoms with Crippen LogP contribution in [0, 0.1) is 22.7 Å². The first-order chi connectivity index (χ1) is 12.7. The summed E-state index contributed by atoms with van der Waals surface area (Å²) in [4.78, 5) is 16.2. The smallest absolute Gasteiger partial charge is 0.373 e. The second kappa shape index (κ2) is 13.3. The molecular weight excluding hydrogens is 356 g/mol. The molecule has 2 rings (SSSR count). The number of methoxy groups -OCH3 is 1. The van der Waals surface area contributed by atoms with Gasteiger partial charge in [0.15, 0.2) is 0 Å². The molecular formula is C23H38O5. The minimum atomic E-state index is 0. The van der Waals surface area contributed by atoms with E-state index in [0.29, 0.717) is 18.4 Å². The van der Waals surface area contributed by atoms with Crippen LogP contribution < -0.4 is 0 Å². The molecule has 0 heterocycles. The molecule has 2 saturated carbocycles. The molecule has 0 aromatic rings. The summed E-state index contributed by atoms with van der Waals surface area (Å²) in [6.45, 7) is 11.3. The van der Waals surface area contributed by atoms with Gasteiger partial charge in [-0.2, -0.15) is 9.59 Å². The minimum Gasteiger partial charge on any atom is -0.496 e. The number of aliphatic hydroxyl groups excluding tert-OH is 2. The van der Waals surface area contributed by atoms with Crippen LogP contribution >= 0.6 is 0 Å². The normalized spacial score (nSPS) is 22.4. The fourth-order valence-corrected chi connectivity index (χ4v) is 3.19. The Morgan fingerprint density at radius 1 is 1.00 bits per heavy atom. The lowest BCUT2D eigenvalue weighted by Crippen LogP contribution is -2.39. The highest BCUT2D eigenvalue weighted by Crippen LogP contribution is 2.50. The fourth-order valence-electron chi connectivity index (χ4n) is 3.19. The number of ether oxygens (including phenoxy) is 1. The molecule has 160 valence electrons. The van der Waals surface area contributed by atoms with Gasteiger partial charge < -0.3 is 14.9 Å². The van der Waals surface area contributed by atoms with Crippen molar-refractivity contribution in [2.45, 2.75) is 61.3 Å². The van der Waals surface area contributed by atoms with Gasteiger partial charge in [-0.15, -0.1) is 5.73 Å². The van der Waals surface area contributed by atoms with Crippen LogP contribution in [0.2, 0.25) is 0 Å². The second-order valence-corrected chi connectivity index (χ2v) is 7.91. The summed E-state index contributed by atoms with van der Waals surface area (Å²) in [5.41, 5.74) is 9.27. The van der Waals surface area contributed by atoms with Gasteiger partial charge in [0.2, 0.25) is 0 Å². The van der Waals surface area contributed by atoms with Crippen molar-refractivity contribution >= 4 is 6.15 Å². The quantitative estimate of drug-likeness (QED) is 0.549. The van der Waals surface area contributed by atoms with Gasteiger partial charge in [0.05, 0.1) is 7.11 Å². The topological polar surface area (TPSA) is 83.8 Å². The molecule has 2 aliphatic carbocycles. The number of allylic oxidation sites excluding steroid dienone is 2. The predicted octanol–water partition coefficient (Wildman–Crippen LogP) is 4.28. The van der Waals surface area contributed by atoms with Gasteiger partial charge in [-0.3, -0.25) is 0 Å². The third-order valence-corrected chi connectivity index (χ3v) is 5.77. The highest BCUT2D eigenvalue weighted by molar-refractivity contribution is 5.24. The summed E-state index contributed by atoms with van der Waals surface area (Å²) in [7, 11) is 1.61. The van der Waals surface area contributed by atoms with Crippen LogP contribution in [0.4, 0.5) is 0 Å². The highest BCUT2D eigenvalue weighted by atomic mass is 16.5. The van der Waals surface area contributed by atoms with Crippen LogP contribution in [0.25, 0.3) is 0 Å². The van der Waals surface area contributed by atoms with Gasteiger partial charge >= 0.3 is 6.15 Å². The first kappa shape index (κ1) is 28.4. The maximum atomic E-state index is 9.01. The molecule has 0 amide bonds. The van der Waals surface area contributed by atoms with E-state index >= 15 is 0 Å². The zero-order chi connectivity index (χ0) is 21.1. The average molecular weight is 395 g/mol. The Morgan fingerprint density at radius 2 is 1.39 bits per heavy atom. The zero-order valence-electron chi connectivity index (χ0n) is 17.5. The fraction of sp³-hybridized carbons (Fsp3) is 0.696. The molecule has 0 radical (unpaired) electrons. The third kappa shape index (κ3) is 7.28. The maximum absolute atomic E-state index is 9.01. The SMILES string of the molecule is C.CCC=C=C1CC(CO)C1(C)C.COC=C=C1CC(CO)C1(C)C.O=C=O. The molecule has 2 aliphatic rings. The summed E-state index contributed by atoms with van der Waals surface area (Å²) >= 11 is 0. The lowest BCUT2D eigenvalue weighted by molar-refractivity contribution is -0.191. The van der Waals surface area contributed by atoms with Gasteiger partial charge in [0.25, 0.3) is 0 Å². The van der Waals surface area contributed by atoms with E-state index in [-0.39, 0.29) is 31.0 Å². The third-order valence-electron chi connectivity index (χ3n) is 5.77. The molecule has 0 aliphatic heterocycles. The number of carbonyl (C=O) groups excluding carboxylic acids is 2. The molecule has 0 aromatic heterocycles. The highest BCUT2D eigenvalue weighted by Gasteiger charge is 2.43. The molecule has 0 spiro atoms. The van der Waals surface area contributed by atoms with Crippen LogP contribution in [-0.4, -0.2) is 36.7 Å². The van der Waals surface area contributed by atoms with Gasteiger partial charge in [0.1, 0.15) is 6.26 Å². The van der Waals surface area contributed by atoms with Gasteiger partial charge in [-0.05, 0) is 59.2 Å². The van der Waals surface area contributed by atoms with Crippen molar-refractivity contribution in [3.8, 4) is 0 Å². The molecule has 0 saturated heterocycles. The van der Waals surface area contributed by atoms with Gasteiger partial charge in [0, 0.05) is 13.2 Å². The Labute approximate surface area is 170 Å². The monoisotopic (exact) mass is 394 g/mol. The predicted molar refractivity (Wildman–Crippen MR) is 110 cm³/mol. The Balaban J connectivity index is 0. The first-order valence-electron chi connectivity index (χ1n) is 9.29. The Bertz CT molecular complexity index is 573. The van der Waals surface area contributed by atoms with Crippen LogP contribution in [0.15, 0.2) is 34.9 Å². The lowest BCUT2D eigenvalue weighted by Gasteiger charge is -2.45. The first-order valence-corrected chi connectivity index (χ1v) is 9.29. The molecule has 2 unspecified atom stereocenters. The number of hydrogen-bond donors (Lipinski definition) is 2. The maximum Gasteiger partial charge on any atom is 0.373 e. The molecule has 5 heteroatoms. The van der Waals surface area contributed by atoms with E-state index in [9.17, 15) is 0 Å². The van der Waals surface area contributed by atoms with Gasteiger partial charge in [-0.1, -0.05) is 47.8 Å². The van der Waals surface area contributed by atoms with Crippen LogP contribution in [0.1, 0.15) is 61.3 Å². The molecule has 2 N–H and O–H groups in total. The summed E-state index contributed by atoms with van der Waals surface area (Å²) in [5.74, 6) is 0.843. The van der Waals surface area contributed by atoms with Crippen LogP contribution in [-0.2, 0) is 14.3 Å². The van der Waals surface area contributed by atoms with Crippen molar-refractivity contribution in [3.63, 3.8) is 0 Å². The van der Waals surface area contributed by atoms with E-state index in [4.69, 9.17) is 24.5 Å². The van der Waals surface area contributed by atoms with E-state index < -0.39 is 0 Å². The summed E-state index contributed by atoms with van der Waals surface area (Å²) in [6.07, 6.45) is 6.92. The summed E-state index contributed by atoms with van der Waals surface area (Å²) < 4.78 is 4.79. The second-order valence-electron chi connectivity index (χ2n) is 7.91. The largest absolute Gasteiger partial charge is 0.496 e. The Hall–Kier alpha value is -1.86. The number of hydrogen-bond acceptors (Lipinski definition) is 5. The standard InChI is InChI=1S/C11H18O.C10H16O2.CO2.CH4/c1-4-5-6-9-7-10(8-12)11(9,2)3;1-10(2)8(4-5-12-3)6-9(10)7-11;2-1-3;/h5,10,12H,4,7-8H2,1-3H3;5,9,11H,6-7H2,1-3H3;;1H4. The summed E-state index contributed by atoms with van der Waals surface area (Å²) in [5, 5.41) is 18.0. The Morgan fingerprint density at radius 3 is 1.68 bits per heavy atom. The van der Waals surface area contributed by atoms with Crippen molar-refractivity contribution in [1.29, 1.82) is 0 Å². The van der Waals surface area contributed by atoms with Crippen molar-refractivity contribution in [2.75, 3.05) is 20.3 Å². The molecule has 2 atom stereocenters. The van der Waals surface area contributed by atoms with Crippen LogP contribution in [0.5, 0.6) is 0 Å². The lowest BCUT2D eigenvalue weighted by atomic mass is 9.59. The van der Waals surface area contributed by atoms with Crippen LogP contribution in [0.3, 0.4) is 0 Å². The van der Waals surface area contributed by atoms with Crippen molar-refractivity contribution in [2.24, 2.45) is 22.7 Å². The summed E-state index contributed by atoms with van der Waals surface area (Å²) in [6, 6.07) is 0. The van der Waals surface area contributed by atoms with E-state index in [0.717, 1.165) is 19.3 Å². The van der Waals surface area contributed by atoms with E-state index in [1.165, 1.54) is 11.1 Å². The van der Waals surface area contributed by atoms with Crippen molar-refractivity contribution in [1.82, 2.24) is 0 Å².